The van der Waals surface area contributed by atoms with Crippen molar-refractivity contribution in [2.24, 2.45) is 0 Å². The first-order valence-electron chi connectivity index (χ1n) is 6.42. The summed E-state index contributed by atoms with van der Waals surface area (Å²) in [6.45, 7) is 0.472. The van der Waals surface area contributed by atoms with Crippen molar-refractivity contribution in [1.29, 1.82) is 0 Å². The largest absolute Gasteiger partial charge is 0.302 e. The fraction of sp³-hybridized carbons (Fsp3) is 0.455. The summed E-state index contributed by atoms with van der Waals surface area (Å²) in [5.41, 5.74) is 0.777. The van der Waals surface area contributed by atoms with E-state index in [-0.39, 0.29) is 6.04 Å². The molecule has 0 spiro atoms. The minimum Gasteiger partial charge on any atom is -0.302 e. The van der Waals surface area contributed by atoms with Gasteiger partial charge in [-0.15, -0.1) is 11.3 Å². The molecule has 0 aliphatic carbocycles. The molecular formula is C11H14N6O2S2. The highest BCUT2D eigenvalue weighted by Crippen LogP contribution is 2.27. The third-order valence-corrected chi connectivity index (χ3v) is 5.52. The summed E-state index contributed by atoms with van der Waals surface area (Å²) in [6, 6.07) is -0.544. The van der Waals surface area contributed by atoms with Crippen LogP contribution in [0.2, 0.25) is 0 Å². The van der Waals surface area contributed by atoms with E-state index in [0.29, 0.717) is 19.4 Å². The zero-order valence-electron chi connectivity index (χ0n) is 11.0. The van der Waals surface area contributed by atoms with Crippen LogP contribution in [0.25, 0.3) is 0 Å². The van der Waals surface area contributed by atoms with Gasteiger partial charge >= 0.3 is 0 Å². The highest BCUT2D eigenvalue weighted by Gasteiger charge is 2.34. The van der Waals surface area contributed by atoms with Crippen molar-refractivity contribution in [2.45, 2.75) is 24.9 Å². The number of hydrogen-bond donors (Lipinski definition) is 2. The number of carbonyl (C=O) groups is 1. The Morgan fingerprint density at radius 1 is 1.57 bits per heavy atom. The molecule has 3 heterocycles. The lowest BCUT2D eigenvalue weighted by Gasteiger charge is -2.34. The third-order valence-electron chi connectivity index (χ3n) is 3.26. The number of nitrogens with zero attached hydrogens (tertiary/aromatic N) is 4. The normalized spacial score (nSPS) is 26.8. The molecule has 0 radical (unpaired) electrons. The van der Waals surface area contributed by atoms with E-state index in [0.717, 1.165) is 17.0 Å². The molecule has 112 valence electrons. The highest BCUT2D eigenvalue weighted by molar-refractivity contribution is 7.80. The topological polar surface area (TPSA) is 104 Å². The molecule has 2 aromatic heterocycles. The van der Waals surface area contributed by atoms with Crippen molar-refractivity contribution in [1.82, 2.24) is 29.4 Å². The van der Waals surface area contributed by atoms with Crippen LogP contribution in [0.4, 0.5) is 0 Å². The Morgan fingerprint density at radius 2 is 2.48 bits per heavy atom. The molecule has 2 aromatic rings. The number of hydrogen-bond acceptors (Lipinski definition) is 6. The van der Waals surface area contributed by atoms with Crippen molar-refractivity contribution < 1.29 is 9.00 Å². The number of aromatic amines is 1. The lowest BCUT2D eigenvalue weighted by Crippen LogP contribution is -2.51. The molecule has 1 aliphatic heterocycles. The number of H-pyrrole nitrogens is 1. The van der Waals surface area contributed by atoms with Gasteiger partial charge in [0.25, 0.3) is 0 Å². The van der Waals surface area contributed by atoms with E-state index >= 15 is 0 Å². The maximum absolute atomic E-state index is 12.3. The monoisotopic (exact) mass is 326 g/mol. The van der Waals surface area contributed by atoms with Gasteiger partial charge in [0.2, 0.25) is 0 Å². The molecule has 0 bridgehead atoms. The number of nitrogens with one attached hydrogen (secondary N) is 2. The van der Waals surface area contributed by atoms with Crippen LogP contribution < -0.4 is 4.72 Å². The first-order chi connectivity index (χ1) is 10.3. The van der Waals surface area contributed by atoms with Crippen LogP contribution in [0.5, 0.6) is 0 Å². The molecule has 1 saturated heterocycles. The summed E-state index contributed by atoms with van der Waals surface area (Å²) in [5, 5.41) is 12.9. The average Bonchev–Trinajstić information content (AvgIpc) is 3.18. The molecular weight excluding hydrogens is 312 g/mol. The fourth-order valence-electron chi connectivity index (χ4n) is 2.22. The number of rotatable bonds is 5. The number of aldehydes is 1. The van der Waals surface area contributed by atoms with Gasteiger partial charge in [-0.05, 0) is 6.42 Å². The van der Waals surface area contributed by atoms with Crippen LogP contribution in [-0.4, -0.2) is 47.8 Å². The van der Waals surface area contributed by atoms with Gasteiger partial charge in [-0.1, -0.05) is 0 Å². The molecule has 21 heavy (non-hydrogen) atoms. The summed E-state index contributed by atoms with van der Waals surface area (Å²) in [6.07, 6.45) is 5.31. The minimum absolute atomic E-state index is 0.149. The lowest BCUT2D eigenvalue weighted by atomic mass is 10.1. The van der Waals surface area contributed by atoms with Gasteiger partial charge in [-0.2, -0.15) is 15.4 Å². The Bertz CT molecular complexity index is 602. The van der Waals surface area contributed by atoms with E-state index in [9.17, 15) is 9.00 Å². The molecule has 3 atom stereocenters. The van der Waals surface area contributed by atoms with Crippen molar-refractivity contribution >= 4 is 28.8 Å². The van der Waals surface area contributed by atoms with Crippen molar-refractivity contribution in [2.75, 3.05) is 6.54 Å². The first kappa shape index (κ1) is 14.4. The summed E-state index contributed by atoms with van der Waals surface area (Å²) in [5.74, 6) is 0. The van der Waals surface area contributed by atoms with E-state index in [4.69, 9.17) is 0 Å². The predicted octanol–water partition coefficient (Wildman–Crippen LogP) is -0.0135. The zero-order valence-corrected chi connectivity index (χ0v) is 12.6. The SMILES string of the molecule is O=CC1CC(c2nccs2)NS(=O)N1CCc1cn[nH]n1. The number of aromatic nitrogens is 4. The highest BCUT2D eigenvalue weighted by atomic mass is 32.2. The Morgan fingerprint density at radius 3 is 3.14 bits per heavy atom. The van der Waals surface area contributed by atoms with Gasteiger partial charge in [-0.25, -0.2) is 18.2 Å². The summed E-state index contributed by atoms with van der Waals surface area (Å²) < 4.78 is 17.0. The standard InChI is InChI=1S/C11H14N6O2S2/c18-7-9-5-10(11-12-2-4-20-11)15-21(19)17(9)3-1-8-6-13-16-14-8/h2,4,6-7,9-10,15H,1,3,5H2,(H,13,14,16). The van der Waals surface area contributed by atoms with E-state index in [1.54, 1.807) is 16.7 Å². The Hall–Kier alpha value is -1.49. The molecule has 10 heteroatoms. The van der Waals surface area contributed by atoms with E-state index in [1.165, 1.54) is 11.3 Å². The van der Waals surface area contributed by atoms with Crippen LogP contribution in [0.15, 0.2) is 17.8 Å². The maximum atomic E-state index is 12.3. The Kier molecular flexibility index (Phi) is 4.48. The van der Waals surface area contributed by atoms with Crippen molar-refractivity contribution in [3.05, 3.63) is 28.5 Å². The number of carbonyl (C=O) groups excluding carboxylic acids is 1. The first-order valence-corrected chi connectivity index (χ1v) is 8.40. The van der Waals surface area contributed by atoms with Crippen molar-refractivity contribution in [3.8, 4) is 0 Å². The van der Waals surface area contributed by atoms with Crippen LogP contribution in [0.3, 0.4) is 0 Å². The Labute approximate surface area is 127 Å². The quantitative estimate of drug-likeness (QED) is 0.752. The van der Waals surface area contributed by atoms with E-state index < -0.39 is 17.2 Å². The molecule has 3 rings (SSSR count). The second-order valence-corrected chi connectivity index (χ2v) is 6.71. The van der Waals surface area contributed by atoms with Crippen molar-refractivity contribution in [3.63, 3.8) is 0 Å². The third kappa shape index (κ3) is 3.23. The summed E-state index contributed by atoms with van der Waals surface area (Å²) in [4.78, 5) is 15.6. The lowest BCUT2D eigenvalue weighted by molar-refractivity contribution is -0.111. The van der Waals surface area contributed by atoms with E-state index in [1.807, 2.05) is 5.38 Å². The molecule has 0 saturated carbocycles. The van der Waals surface area contributed by atoms with Gasteiger partial charge in [0.1, 0.15) is 11.3 Å². The second kappa shape index (κ2) is 6.52. The molecule has 1 fully saturated rings. The fourth-order valence-corrected chi connectivity index (χ4v) is 4.22. The maximum Gasteiger partial charge on any atom is 0.171 e. The molecule has 8 nitrogen and oxygen atoms in total. The molecule has 0 amide bonds. The minimum atomic E-state index is -1.42. The smallest absolute Gasteiger partial charge is 0.171 e. The van der Waals surface area contributed by atoms with Gasteiger partial charge in [0.05, 0.1) is 24.0 Å². The molecule has 2 N–H and O–H groups in total. The average molecular weight is 326 g/mol. The molecule has 0 aromatic carbocycles. The van der Waals surface area contributed by atoms with Gasteiger partial charge in [0, 0.05) is 24.5 Å². The van der Waals surface area contributed by atoms with Crippen LogP contribution in [0.1, 0.15) is 23.2 Å². The van der Waals surface area contributed by atoms with Gasteiger partial charge in [0.15, 0.2) is 11.2 Å². The van der Waals surface area contributed by atoms with E-state index in [2.05, 4.69) is 25.1 Å². The second-order valence-electron chi connectivity index (χ2n) is 4.58. The number of thiazole rings is 1. The van der Waals surface area contributed by atoms with Crippen LogP contribution in [-0.2, 0) is 22.4 Å². The Balaban J connectivity index is 1.67. The van der Waals surface area contributed by atoms with Gasteiger partial charge < -0.3 is 4.79 Å². The molecule has 1 aliphatic rings. The molecule has 3 unspecified atom stereocenters. The van der Waals surface area contributed by atoms with Crippen LogP contribution in [0, 0.1) is 0 Å². The summed E-state index contributed by atoms with van der Waals surface area (Å²) >= 11 is 0.0679. The zero-order chi connectivity index (χ0) is 14.7. The van der Waals surface area contributed by atoms with Gasteiger partial charge in [-0.3, -0.25) is 0 Å². The summed E-state index contributed by atoms with van der Waals surface area (Å²) in [7, 11) is 0. The predicted molar refractivity (Wildman–Crippen MR) is 77.4 cm³/mol. The van der Waals surface area contributed by atoms with Crippen LogP contribution >= 0.6 is 11.3 Å².